The Kier molecular flexibility index (Phi) is 7.82. The fourth-order valence-electron chi connectivity index (χ4n) is 3.57. The zero-order valence-corrected chi connectivity index (χ0v) is 17.0. The van der Waals surface area contributed by atoms with Crippen molar-refractivity contribution in [3.63, 3.8) is 0 Å². The molecule has 3 rings (SSSR count). The van der Waals surface area contributed by atoms with E-state index in [0.29, 0.717) is 25.9 Å². The van der Waals surface area contributed by atoms with Crippen LogP contribution in [0.4, 0.5) is 0 Å². The first kappa shape index (κ1) is 21.1. The number of rotatable bonds is 9. The molecule has 154 valence electrons. The first-order valence-corrected chi connectivity index (χ1v) is 10.4. The van der Waals surface area contributed by atoms with Crippen LogP contribution in [-0.4, -0.2) is 42.0 Å². The van der Waals surface area contributed by atoms with Crippen molar-refractivity contribution in [2.45, 2.75) is 51.3 Å². The van der Waals surface area contributed by atoms with Crippen molar-refractivity contribution in [2.75, 3.05) is 13.2 Å². The lowest BCUT2D eigenvalue weighted by molar-refractivity contribution is -0.140. The van der Waals surface area contributed by atoms with Crippen LogP contribution in [0, 0.1) is 0 Å². The van der Waals surface area contributed by atoms with E-state index in [0.717, 1.165) is 30.6 Å². The Morgan fingerprint density at radius 3 is 2.34 bits per heavy atom. The van der Waals surface area contributed by atoms with Crippen LogP contribution in [0.15, 0.2) is 60.7 Å². The van der Waals surface area contributed by atoms with Gasteiger partial charge in [-0.1, -0.05) is 60.7 Å². The maximum absolute atomic E-state index is 13.0. The molecule has 1 saturated heterocycles. The highest BCUT2D eigenvalue weighted by molar-refractivity contribution is 5.87. The largest absolute Gasteiger partial charge is 0.376 e. The molecule has 1 fully saturated rings. The Labute approximate surface area is 173 Å². The molecule has 2 atom stereocenters. The quantitative estimate of drug-likeness (QED) is 0.710. The van der Waals surface area contributed by atoms with Gasteiger partial charge in [-0.3, -0.25) is 9.59 Å². The molecule has 1 aliphatic heterocycles. The number of carbonyl (C=O) groups excluding carboxylic acids is 2. The lowest BCUT2D eigenvalue weighted by Crippen LogP contribution is -2.49. The van der Waals surface area contributed by atoms with E-state index in [4.69, 9.17) is 4.74 Å². The summed E-state index contributed by atoms with van der Waals surface area (Å²) in [5.41, 5.74) is 2.13. The molecule has 0 spiro atoms. The lowest BCUT2D eigenvalue weighted by atomic mass is 10.1. The van der Waals surface area contributed by atoms with Crippen LogP contribution in [0.25, 0.3) is 0 Å². The molecule has 1 aliphatic rings. The normalized spacial score (nSPS) is 16.9. The predicted molar refractivity (Wildman–Crippen MR) is 113 cm³/mol. The zero-order chi connectivity index (χ0) is 20.5. The van der Waals surface area contributed by atoms with Crippen LogP contribution in [0.3, 0.4) is 0 Å². The summed E-state index contributed by atoms with van der Waals surface area (Å²) in [5, 5.41) is 2.96. The summed E-state index contributed by atoms with van der Waals surface area (Å²) >= 11 is 0. The van der Waals surface area contributed by atoms with Gasteiger partial charge >= 0.3 is 0 Å². The smallest absolute Gasteiger partial charge is 0.242 e. The number of ether oxygens (including phenoxy) is 1. The maximum Gasteiger partial charge on any atom is 0.242 e. The van der Waals surface area contributed by atoms with Gasteiger partial charge in [0.25, 0.3) is 0 Å². The molecule has 2 aromatic carbocycles. The number of benzene rings is 2. The summed E-state index contributed by atoms with van der Waals surface area (Å²) in [7, 11) is 0. The van der Waals surface area contributed by atoms with E-state index in [-0.39, 0.29) is 17.9 Å². The minimum absolute atomic E-state index is 0.0162. The Balaban J connectivity index is 1.63. The van der Waals surface area contributed by atoms with Gasteiger partial charge in [0.2, 0.25) is 11.8 Å². The van der Waals surface area contributed by atoms with E-state index in [1.807, 2.05) is 60.7 Å². The summed E-state index contributed by atoms with van der Waals surface area (Å²) in [6.07, 6.45) is 3.13. The van der Waals surface area contributed by atoms with Crippen LogP contribution in [-0.2, 0) is 27.3 Å². The number of amides is 2. The zero-order valence-electron chi connectivity index (χ0n) is 17.0. The van der Waals surface area contributed by atoms with Crippen LogP contribution in [0.2, 0.25) is 0 Å². The minimum Gasteiger partial charge on any atom is -0.376 e. The summed E-state index contributed by atoms with van der Waals surface area (Å²) in [6.45, 7) is 3.48. The summed E-state index contributed by atoms with van der Waals surface area (Å²) in [5.74, 6) is -0.151. The molecule has 1 N–H and O–H groups in total. The van der Waals surface area contributed by atoms with E-state index in [1.54, 1.807) is 11.8 Å². The van der Waals surface area contributed by atoms with Gasteiger partial charge in [-0.15, -0.1) is 0 Å². The van der Waals surface area contributed by atoms with Gasteiger partial charge in [0.15, 0.2) is 0 Å². The second-order valence-corrected chi connectivity index (χ2v) is 7.55. The minimum atomic E-state index is -0.542. The van der Waals surface area contributed by atoms with Crippen molar-refractivity contribution in [2.24, 2.45) is 0 Å². The van der Waals surface area contributed by atoms with Gasteiger partial charge in [0.05, 0.1) is 6.10 Å². The SMILES string of the molecule is C[C@H](C(=O)NC[C@H]1CCCO1)N(Cc1ccccc1)C(=O)CCc1ccccc1. The third-order valence-electron chi connectivity index (χ3n) is 5.36. The lowest BCUT2D eigenvalue weighted by Gasteiger charge is -2.29. The molecule has 5 nitrogen and oxygen atoms in total. The second-order valence-electron chi connectivity index (χ2n) is 7.55. The van der Waals surface area contributed by atoms with Crippen LogP contribution >= 0.6 is 0 Å². The predicted octanol–water partition coefficient (Wildman–Crippen LogP) is 3.33. The Hall–Kier alpha value is -2.66. The summed E-state index contributed by atoms with van der Waals surface area (Å²) in [6, 6.07) is 19.2. The molecule has 29 heavy (non-hydrogen) atoms. The van der Waals surface area contributed by atoms with E-state index in [9.17, 15) is 9.59 Å². The van der Waals surface area contributed by atoms with Gasteiger partial charge in [-0.2, -0.15) is 0 Å². The van der Waals surface area contributed by atoms with Crippen LogP contribution in [0.5, 0.6) is 0 Å². The molecular formula is C24H30N2O3. The molecule has 0 bridgehead atoms. The first-order chi connectivity index (χ1) is 14.1. The van der Waals surface area contributed by atoms with E-state index < -0.39 is 6.04 Å². The highest BCUT2D eigenvalue weighted by atomic mass is 16.5. The van der Waals surface area contributed by atoms with Crippen molar-refractivity contribution in [1.82, 2.24) is 10.2 Å². The van der Waals surface area contributed by atoms with E-state index in [1.165, 1.54) is 0 Å². The average molecular weight is 395 g/mol. The molecule has 0 saturated carbocycles. The average Bonchev–Trinajstić information content (AvgIpc) is 3.29. The molecule has 2 aromatic rings. The second kappa shape index (κ2) is 10.8. The number of hydrogen-bond donors (Lipinski definition) is 1. The van der Waals surface area contributed by atoms with Gasteiger partial charge in [-0.05, 0) is 37.3 Å². The van der Waals surface area contributed by atoms with Crippen molar-refractivity contribution in [3.8, 4) is 0 Å². The first-order valence-electron chi connectivity index (χ1n) is 10.4. The fraction of sp³-hybridized carbons (Fsp3) is 0.417. The van der Waals surface area contributed by atoms with Crippen molar-refractivity contribution in [1.29, 1.82) is 0 Å². The monoisotopic (exact) mass is 394 g/mol. The molecule has 0 aliphatic carbocycles. The molecule has 0 unspecified atom stereocenters. The number of hydrogen-bond acceptors (Lipinski definition) is 3. The van der Waals surface area contributed by atoms with Gasteiger partial charge in [0, 0.05) is 26.1 Å². The summed E-state index contributed by atoms with van der Waals surface area (Å²) < 4.78 is 5.58. The topological polar surface area (TPSA) is 58.6 Å². The number of nitrogens with zero attached hydrogens (tertiary/aromatic N) is 1. The van der Waals surface area contributed by atoms with E-state index in [2.05, 4.69) is 5.32 Å². The third-order valence-corrected chi connectivity index (χ3v) is 5.36. The van der Waals surface area contributed by atoms with Gasteiger partial charge in [0.1, 0.15) is 6.04 Å². The Morgan fingerprint density at radius 2 is 1.72 bits per heavy atom. The number of nitrogens with one attached hydrogen (secondary N) is 1. The molecule has 2 amide bonds. The molecule has 1 heterocycles. The third kappa shape index (κ3) is 6.43. The van der Waals surface area contributed by atoms with Gasteiger partial charge < -0.3 is 15.0 Å². The molecule has 0 aromatic heterocycles. The van der Waals surface area contributed by atoms with Crippen LogP contribution in [0.1, 0.15) is 37.3 Å². The van der Waals surface area contributed by atoms with E-state index >= 15 is 0 Å². The van der Waals surface area contributed by atoms with Crippen molar-refractivity contribution >= 4 is 11.8 Å². The molecule has 0 radical (unpaired) electrons. The van der Waals surface area contributed by atoms with Crippen molar-refractivity contribution < 1.29 is 14.3 Å². The maximum atomic E-state index is 13.0. The standard InChI is InChI=1S/C24H30N2O3/c1-19(24(28)25-17-22-13-8-16-29-22)26(18-21-11-6-3-7-12-21)23(27)15-14-20-9-4-2-5-10-20/h2-7,9-12,19,22H,8,13-18H2,1H3,(H,25,28)/t19-,22-/m1/s1. The highest BCUT2D eigenvalue weighted by Crippen LogP contribution is 2.14. The van der Waals surface area contributed by atoms with Crippen molar-refractivity contribution in [3.05, 3.63) is 71.8 Å². The molecular weight excluding hydrogens is 364 g/mol. The number of carbonyl (C=O) groups is 2. The Bertz CT molecular complexity index is 773. The van der Waals surface area contributed by atoms with Crippen LogP contribution < -0.4 is 5.32 Å². The summed E-state index contributed by atoms with van der Waals surface area (Å²) in [4.78, 5) is 27.5. The van der Waals surface area contributed by atoms with Gasteiger partial charge in [-0.25, -0.2) is 0 Å². The number of aryl methyl sites for hydroxylation is 1. The fourth-order valence-corrected chi connectivity index (χ4v) is 3.57. The highest BCUT2D eigenvalue weighted by Gasteiger charge is 2.27. The Morgan fingerprint density at radius 1 is 1.07 bits per heavy atom. The molecule has 5 heteroatoms.